The number of benzene rings is 1. The second-order valence-electron chi connectivity index (χ2n) is 2.87. The van der Waals surface area contributed by atoms with Gasteiger partial charge in [0.2, 0.25) is 0 Å². The van der Waals surface area contributed by atoms with Crippen molar-refractivity contribution in [1.29, 1.82) is 0 Å². The van der Waals surface area contributed by atoms with Crippen LogP contribution in [0.15, 0.2) is 23.3 Å². The van der Waals surface area contributed by atoms with Gasteiger partial charge in [0.15, 0.2) is 0 Å². The van der Waals surface area contributed by atoms with E-state index in [0.717, 1.165) is 18.2 Å². The zero-order valence-electron chi connectivity index (χ0n) is 7.95. The van der Waals surface area contributed by atoms with E-state index in [1.165, 1.54) is 0 Å². The number of nitro benzene ring substituents is 1. The monoisotopic (exact) mass is 226 g/mol. The summed E-state index contributed by atoms with van der Waals surface area (Å²) in [5.41, 5.74) is 7.66. The first-order chi connectivity index (χ1) is 7.60. The van der Waals surface area contributed by atoms with E-state index in [1.54, 1.807) is 0 Å². The lowest BCUT2D eigenvalue weighted by molar-refractivity contribution is -0.385. The Morgan fingerprint density at radius 1 is 1.69 bits per heavy atom. The smallest absolute Gasteiger partial charge is 0.269 e. The molecule has 0 bridgehead atoms. The molecule has 1 rings (SSSR count). The van der Waals surface area contributed by atoms with E-state index in [9.17, 15) is 14.5 Å². The molecule has 84 valence electrons. The molecule has 0 spiro atoms. The van der Waals surface area contributed by atoms with Crippen molar-refractivity contribution in [3.05, 3.63) is 50.1 Å². The van der Waals surface area contributed by atoms with Crippen LogP contribution >= 0.6 is 0 Å². The fourth-order valence-electron chi connectivity index (χ4n) is 1.16. The normalized spacial score (nSPS) is 11.6. The highest BCUT2D eigenvalue weighted by molar-refractivity contribution is 5.37. The van der Waals surface area contributed by atoms with E-state index < -0.39 is 23.4 Å². The Balaban J connectivity index is 3.24. The van der Waals surface area contributed by atoms with Crippen molar-refractivity contribution in [3.8, 4) is 0 Å². The third-order valence-corrected chi connectivity index (χ3v) is 1.91. The van der Waals surface area contributed by atoms with Gasteiger partial charge in [-0.05, 0) is 11.6 Å². The van der Waals surface area contributed by atoms with E-state index in [-0.39, 0.29) is 11.3 Å². The van der Waals surface area contributed by atoms with Gasteiger partial charge in [0, 0.05) is 22.6 Å². The fourth-order valence-corrected chi connectivity index (χ4v) is 1.16. The number of non-ortho nitro benzene ring substituents is 1. The molecule has 0 heterocycles. The van der Waals surface area contributed by atoms with Crippen LogP contribution in [0, 0.1) is 15.9 Å². The Kier molecular flexibility index (Phi) is 3.76. The van der Waals surface area contributed by atoms with Crippen LogP contribution in [0.5, 0.6) is 0 Å². The highest BCUT2D eigenvalue weighted by Crippen LogP contribution is 2.24. The van der Waals surface area contributed by atoms with Gasteiger partial charge >= 0.3 is 0 Å². The average molecular weight is 226 g/mol. The third-order valence-electron chi connectivity index (χ3n) is 1.91. The first kappa shape index (κ1) is 11.9. The second-order valence-corrected chi connectivity index (χ2v) is 2.87. The fraction of sp³-hybridized carbons (Fsp3) is 0.250. The van der Waals surface area contributed by atoms with Gasteiger partial charge in [-0.15, -0.1) is 0 Å². The molecule has 0 saturated heterocycles. The van der Waals surface area contributed by atoms with Crippen LogP contribution in [-0.2, 0) is 0 Å². The summed E-state index contributed by atoms with van der Waals surface area (Å²) < 4.78 is 13.3. The number of halogens is 1. The first-order valence-corrected chi connectivity index (χ1v) is 4.19. The van der Waals surface area contributed by atoms with Crippen LogP contribution in [-0.4, -0.2) is 16.6 Å². The number of azide groups is 1. The molecule has 8 heteroatoms. The summed E-state index contributed by atoms with van der Waals surface area (Å²) in [5.74, 6) is -0.767. The van der Waals surface area contributed by atoms with Gasteiger partial charge in [0.05, 0.1) is 17.6 Å². The van der Waals surface area contributed by atoms with Crippen molar-refractivity contribution in [3.63, 3.8) is 0 Å². The molecule has 1 aromatic rings. The summed E-state index contributed by atoms with van der Waals surface area (Å²) in [6, 6.07) is 1.65. The number of rotatable bonds is 4. The van der Waals surface area contributed by atoms with Crippen LogP contribution in [0.1, 0.15) is 11.6 Å². The molecule has 0 saturated carbocycles. The van der Waals surface area contributed by atoms with Crippen molar-refractivity contribution in [1.82, 2.24) is 0 Å². The Morgan fingerprint density at radius 2 is 2.38 bits per heavy atom. The molecule has 1 atom stereocenters. The lowest BCUT2D eigenvalue weighted by atomic mass is 10.1. The largest absolute Gasteiger partial charge is 0.396 e. The summed E-state index contributed by atoms with van der Waals surface area (Å²) in [6.45, 7) is -0.623. The standard InChI is InChI=1S/C8H7FN4O3/c9-7-2-1-5(13(15)16)3-6(7)8(4-14)11-12-10/h1-3,8,14H,4H2. The lowest BCUT2D eigenvalue weighted by Gasteiger charge is -2.08. The van der Waals surface area contributed by atoms with E-state index in [2.05, 4.69) is 10.0 Å². The van der Waals surface area contributed by atoms with Gasteiger partial charge in [0.1, 0.15) is 5.82 Å². The Labute approximate surface area is 88.9 Å². The molecule has 7 nitrogen and oxygen atoms in total. The van der Waals surface area contributed by atoms with E-state index in [0.29, 0.717) is 0 Å². The molecule has 0 amide bonds. The van der Waals surface area contributed by atoms with Crippen LogP contribution in [0.4, 0.5) is 10.1 Å². The van der Waals surface area contributed by atoms with Crippen molar-refractivity contribution < 1.29 is 14.4 Å². The maximum Gasteiger partial charge on any atom is 0.269 e. The van der Waals surface area contributed by atoms with Crippen molar-refractivity contribution in [2.24, 2.45) is 5.11 Å². The van der Waals surface area contributed by atoms with Crippen LogP contribution in [0.3, 0.4) is 0 Å². The maximum absolute atomic E-state index is 13.3. The minimum Gasteiger partial charge on any atom is -0.396 e. The number of nitro groups is 1. The lowest BCUT2D eigenvalue weighted by Crippen LogP contribution is -2.04. The van der Waals surface area contributed by atoms with Gasteiger partial charge in [-0.1, -0.05) is 5.11 Å². The zero-order valence-corrected chi connectivity index (χ0v) is 7.95. The number of hydrogen-bond acceptors (Lipinski definition) is 4. The predicted molar refractivity (Wildman–Crippen MR) is 52.0 cm³/mol. The van der Waals surface area contributed by atoms with Crippen molar-refractivity contribution >= 4 is 5.69 Å². The highest BCUT2D eigenvalue weighted by atomic mass is 19.1. The van der Waals surface area contributed by atoms with Crippen molar-refractivity contribution in [2.75, 3.05) is 6.61 Å². The van der Waals surface area contributed by atoms with Gasteiger partial charge in [-0.2, -0.15) is 0 Å². The summed E-state index contributed by atoms with van der Waals surface area (Å²) in [5, 5.41) is 22.5. The summed E-state index contributed by atoms with van der Waals surface area (Å²) in [4.78, 5) is 12.2. The molecule has 16 heavy (non-hydrogen) atoms. The minimum absolute atomic E-state index is 0.200. The molecule has 0 aliphatic carbocycles. The van der Waals surface area contributed by atoms with Gasteiger partial charge in [-0.25, -0.2) is 4.39 Å². The topological polar surface area (TPSA) is 112 Å². The molecular formula is C8H7FN4O3. The highest BCUT2D eigenvalue weighted by Gasteiger charge is 2.17. The van der Waals surface area contributed by atoms with Crippen LogP contribution in [0.2, 0.25) is 0 Å². The molecule has 1 unspecified atom stereocenters. The van der Waals surface area contributed by atoms with Crippen molar-refractivity contribution in [2.45, 2.75) is 6.04 Å². The number of nitrogens with zero attached hydrogens (tertiary/aromatic N) is 4. The number of aliphatic hydroxyl groups excluding tert-OH is 1. The Hall–Kier alpha value is -2.18. The Morgan fingerprint density at radius 3 is 2.88 bits per heavy atom. The van der Waals surface area contributed by atoms with E-state index >= 15 is 0 Å². The molecule has 1 aromatic carbocycles. The van der Waals surface area contributed by atoms with Gasteiger partial charge in [-0.3, -0.25) is 10.1 Å². The second kappa shape index (κ2) is 5.06. The quantitative estimate of drug-likeness (QED) is 0.278. The number of hydrogen-bond donors (Lipinski definition) is 1. The third kappa shape index (κ3) is 2.44. The first-order valence-electron chi connectivity index (χ1n) is 4.19. The average Bonchev–Trinajstić information content (AvgIpc) is 2.26. The maximum atomic E-state index is 13.3. The molecule has 0 fully saturated rings. The summed E-state index contributed by atoms with van der Waals surface area (Å²) in [7, 11) is 0. The minimum atomic E-state index is -1.16. The number of aliphatic hydroxyl groups is 1. The van der Waals surface area contributed by atoms with Gasteiger partial charge < -0.3 is 5.11 Å². The van der Waals surface area contributed by atoms with E-state index in [1.807, 2.05) is 0 Å². The molecule has 1 N–H and O–H groups in total. The predicted octanol–water partition coefficient (Wildman–Crippen LogP) is 2.08. The van der Waals surface area contributed by atoms with E-state index in [4.69, 9.17) is 10.6 Å². The summed E-state index contributed by atoms with van der Waals surface area (Å²) in [6.07, 6.45) is 0. The van der Waals surface area contributed by atoms with Gasteiger partial charge in [0.25, 0.3) is 5.69 Å². The molecule has 0 aliphatic rings. The molecule has 0 radical (unpaired) electrons. The Bertz CT molecular complexity index is 459. The van der Waals surface area contributed by atoms with Crippen LogP contribution in [0.25, 0.3) is 10.4 Å². The summed E-state index contributed by atoms with van der Waals surface area (Å²) >= 11 is 0. The SMILES string of the molecule is [N-]=[N+]=NC(CO)c1cc([N+](=O)[O-])ccc1F. The van der Waals surface area contributed by atoms with Crippen LogP contribution < -0.4 is 0 Å². The molecule has 0 aliphatic heterocycles. The zero-order chi connectivity index (χ0) is 12.1. The molecular weight excluding hydrogens is 219 g/mol. The molecule has 0 aromatic heterocycles.